The van der Waals surface area contributed by atoms with Crippen LogP contribution in [0, 0.1) is 0 Å². The Bertz CT molecular complexity index is 699. The van der Waals surface area contributed by atoms with E-state index in [-0.39, 0.29) is 6.61 Å². The van der Waals surface area contributed by atoms with Crippen LogP contribution >= 0.6 is 0 Å². The predicted molar refractivity (Wildman–Crippen MR) is 102 cm³/mol. The van der Waals surface area contributed by atoms with Crippen LogP contribution in [0.4, 0.5) is 10.5 Å². The number of ether oxygens (including phenoxy) is 2. The smallest absolute Gasteiger partial charge is 0.413 e. The van der Waals surface area contributed by atoms with Crippen LogP contribution in [0.1, 0.15) is 49.4 Å². The number of nitrogens with one attached hydrogen (secondary N) is 2. The fourth-order valence-corrected chi connectivity index (χ4v) is 2.83. The van der Waals surface area contributed by atoms with Crippen molar-refractivity contribution in [1.82, 2.24) is 5.32 Å². The summed E-state index contributed by atoms with van der Waals surface area (Å²) >= 11 is 0. The number of hydrogen-bond donors (Lipinski definition) is 2. The zero-order chi connectivity index (χ0) is 19.5. The Labute approximate surface area is 159 Å². The standard InChI is InChI=1S/C20H26N2O5/c1-2-26-20(25)22-18(23)14-27-19(24)16-10-6-7-11-17(16)21-13-12-15-8-4-3-5-9-15/h6-8,10-11,21H,2-5,9,12-14H2,1H3,(H,22,23,25). The lowest BCUT2D eigenvalue weighted by molar-refractivity contribution is -0.123. The van der Waals surface area contributed by atoms with Crippen LogP contribution in [0.3, 0.4) is 0 Å². The van der Waals surface area contributed by atoms with E-state index in [1.165, 1.54) is 18.4 Å². The largest absolute Gasteiger partial charge is 0.452 e. The predicted octanol–water partition coefficient (Wildman–Crippen LogP) is 3.42. The Morgan fingerprint density at radius 2 is 1.93 bits per heavy atom. The maximum atomic E-state index is 12.3. The minimum Gasteiger partial charge on any atom is -0.452 e. The summed E-state index contributed by atoms with van der Waals surface area (Å²) in [6.07, 6.45) is 7.15. The average molecular weight is 374 g/mol. The van der Waals surface area contributed by atoms with Crippen LogP contribution in [-0.4, -0.2) is 37.7 Å². The fourth-order valence-electron chi connectivity index (χ4n) is 2.83. The maximum Gasteiger partial charge on any atom is 0.413 e. The van der Waals surface area contributed by atoms with Crippen molar-refractivity contribution >= 4 is 23.7 Å². The van der Waals surface area contributed by atoms with Crippen molar-refractivity contribution in [3.63, 3.8) is 0 Å². The molecule has 1 aromatic carbocycles. The molecule has 2 amide bonds. The first-order chi connectivity index (χ1) is 13.1. The molecule has 1 aromatic rings. The lowest BCUT2D eigenvalue weighted by Crippen LogP contribution is -2.34. The molecule has 0 heterocycles. The van der Waals surface area contributed by atoms with Gasteiger partial charge in [0.1, 0.15) is 0 Å². The number of rotatable bonds is 8. The minimum absolute atomic E-state index is 0.148. The summed E-state index contributed by atoms with van der Waals surface area (Å²) in [6, 6.07) is 6.98. The number of hydrogen-bond acceptors (Lipinski definition) is 6. The second-order valence-electron chi connectivity index (χ2n) is 6.18. The summed E-state index contributed by atoms with van der Waals surface area (Å²) in [5.41, 5.74) is 2.45. The van der Waals surface area contributed by atoms with Crippen LogP contribution in [-0.2, 0) is 14.3 Å². The molecule has 0 unspecified atom stereocenters. The number of allylic oxidation sites excluding steroid dienone is 1. The van der Waals surface area contributed by atoms with E-state index in [2.05, 4.69) is 16.1 Å². The molecule has 0 fully saturated rings. The summed E-state index contributed by atoms with van der Waals surface area (Å²) in [5.74, 6) is -1.37. The van der Waals surface area contributed by atoms with E-state index in [1.54, 1.807) is 25.1 Å². The normalized spacial score (nSPS) is 13.3. The molecule has 7 heteroatoms. The minimum atomic E-state index is -0.863. The Balaban J connectivity index is 1.84. The third-order valence-corrected chi connectivity index (χ3v) is 4.14. The lowest BCUT2D eigenvalue weighted by Gasteiger charge is -2.15. The topological polar surface area (TPSA) is 93.7 Å². The highest BCUT2D eigenvalue weighted by Gasteiger charge is 2.15. The monoisotopic (exact) mass is 374 g/mol. The number of esters is 1. The van der Waals surface area contributed by atoms with Crippen LogP contribution < -0.4 is 10.6 Å². The molecular formula is C20H26N2O5. The van der Waals surface area contributed by atoms with Crippen LogP contribution in [0.25, 0.3) is 0 Å². The van der Waals surface area contributed by atoms with E-state index in [9.17, 15) is 14.4 Å². The van der Waals surface area contributed by atoms with Crippen molar-refractivity contribution in [3.05, 3.63) is 41.5 Å². The number of anilines is 1. The molecule has 0 radical (unpaired) electrons. The molecular weight excluding hydrogens is 348 g/mol. The molecule has 0 bridgehead atoms. The molecule has 0 saturated heterocycles. The third-order valence-electron chi connectivity index (χ3n) is 4.14. The van der Waals surface area contributed by atoms with Gasteiger partial charge < -0.3 is 14.8 Å². The average Bonchev–Trinajstić information content (AvgIpc) is 2.67. The maximum absolute atomic E-state index is 12.3. The van der Waals surface area contributed by atoms with E-state index < -0.39 is 24.6 Å². The van der Waals surface area contributed by atoms with Crippen LogP contribution in [0.15, 0.2) is 35.9 Å². The van der Waals surface area contributed by atoms with Gasteiger partial charge in [0, 0.05) is 12.2 Å². The summed E-state index contributed by atoms with van der Waals surface area (Å²) in [6.45, 7) is 1.94. The van der Waals surface area contributed by atoms with Crippen molar-refractivity contribution in [2.75, 3.05) is 25.1 Å². The number of carbonyl (C=O) groups is 3. The quantitative estimate of drug-likeness (QED) is 0.535. The van der Waals surface area contributed by atoms with Gasteiger partial charge >= 0.3 is 12.1 Å². The molecule has 2 N–H and O–H groups in total. The van der Waals surface area contributed by atoms with Gasteiger partial charge in [-0.15, -0.1) is 0 Å². The second kappa shape index (κ2) is 11.0. The number of carbonyl (C=O) groups excluding carboxylic acids is 3. The van der Waals surface area contributed by atoms with Crippen molar-refractivity contribution < 1.29 is 23.9 Å². The van der Waals surface area contributed by atoms with Gasteiger partial charge in [0.2, 0.25) is 0 Å². The third kappa shape index (κ3) is 7.13. The van der Waals surface area contributed by atoms with Gasteiger partial charge in [-0.05, 0) is 51.2 Å². The summed E-state index contributed by atoms with van der Waals surface area (Å²) in [4.78, 5) is 35.0. The van der Waals surface area contributed by atoms with Gasteiger partial charge in [0.05, 0.1) is 12.2 Å². The molecule has 0 spiro atoms. The van der Waals surface area contributed by atoms with E-state index >= 15 is 0 Å². The number of alkyl carbamates (subject to hydrolysis) is 1. The molecule has 1 aliphatic carbocycles. The highest BCUT2D eigenvalue weighted by Crippen LogP contribution is 2.21. The Morgan fingerprint density at radius 3 is 2.67 bits per heavy atom. The SMILES string of the molecule is CCOC(=O)NC(=O)COC(=O)c1ccccc1NCCC1=CCCCC1. The number of benzene rings is 1. The van der Waals surface area contributed by atoms with Crippen molar-refractivity contribution in [1.29, 1.82) is 0 Å². The van der Waals surface area contributed by atoms with Crippen molar-refractivity contribution in [2.45, 2.75) is 39.0 Å². The van der Waals surface area contributed by atoms with E-state index in [0.29, 0.717) is 11.3 Å². The fraction of sp³-hybridized carbons (Fsp3) is 0.450. The first-order valence-electron chi connectivity index (χ1n) is 9.24. The van der Waals surface area contributed by atoms with Crippen molar-refractivity contribution in [2.24, 2.45) is 0 Å². The molecule has 0 aliphatic heterocycles. The van der Waals surface area contributed by atoms with Gasteiger partial charge in [0.15, 0.2) is 6.61 Å². The Hall–Kier alpha value is -2.83. The van der Waals surface area contributed by atoms with Crippen molar-refractivity contribution in [3.8, 4) is 0 Å². The van der Waals surface area contributed by atoms with E-state index in [4.69, 9.17) is 4.74 Å². The van der Waals surface area contributed by atoms with E-state index in [1.807, 2.05) is 11.4 Å². The molecule has 0 saturated carbocycles. The van der Waals surface area contributed by atoms with Gasteiger partial charge in [-0.2, -0.15) is 0 Å². The van der Waals surface area contributed by atoms with Gasteiger partial charge in [0.25, 0.3) is 5.91 Å². The highest BCUT2D eigenvalue weighted by molar-refractivity contribution is 5.98. The zero-order valence-electron chi connectivity index (χ0n) is 15.6. The van der Waals surface area contributed by atoms with E-state index in [0.717, 1.165) is 25.8 Å². The highest BCUT2D eigenvalue weighted by atomic mass is 16.6. The summed E-state index contributed by atoms with van der Waals surface area (Å²) in [5, 5.41) is 5.24. The van der Waals surface area contributed by atoms with Gasteiger partial charge in [-0.25, -0.2) is 9.59 Å². The molecule has 2 rings (SSSR count). The van der Waals surface area contributed by atoms with Gasteiger partial charge in [-0.1, -0.05) is 23.8 Å². The summed E-state index contributed by atoms with van der Waals surface area (Å²) in [7, 11) is 0. The number of para-hydroxylation sites is 1. The molecule has 1 aliphatic rings. The lowest BCUT2D eigenvalue weighted by atomic mass is 9.97. The number of imide groups is 1. The first kappa shape index (κ1) is 20.5. The Kier molecular flexibility index (Phi) is 8.35. The van der Waals surface area contributed by atoms with Gasteiger partial charge in [-0.3, -0.25) is 10.1 Å². The molecule has 27 heavy (non-hydrogen) atoms. The number of amides is 2. The Morgan fingerprint density at radius 1 is 1.11 bits per heavy atom. The summed E-state index contributed by atoms with van der Waals surface area (Å²) < 4.78 is 9.59. The molecule has 0 atom stereocenters. The molecule has 0 aromatic heterocycles. The second-order valence-corrected chi connectivity index (χ2v) is 6.18. The first-order valence-corrected chi connectivity index (χ1v) is 9.24. The van der Waals surface area contributed by atoms with Crippen LogP contribution in [0.2, 0.25) is 0 Å². The zero-order valence-corrected chi connectivity index (χ0v) is 15.6. The van der Waals surface area contributed by atoms with Crippen LogP contribution in [0.5, 0.6) is 0 Å². The molecule has 146 valence electrons. The molecule has 7 nitrogen and oxygen atoms in total.